The Morgan fingerprint density at radius 2 is 2.10 bits per heavy atom. The van der Waals surface area contributed by atoms with Gasteiger partial charge in [-0.1, -0.05) is 36.7 Å². The summed E-state index contributed by atoms with van der Waals surface area (Å²) in [6.07, 6.45) is 8.56. The van der Waals surface area contributed by atoms with E-state index in [0.29, 0.717) is 6.04 Å². The van der Waals surface area contributed by atoms with Crippen LogP contribution in [0.4, 0.5) is 0 Å². The van der Waals surface area contributed by atoms with Crippen LogP contribution >= 0.6 is 11.3 Å². The number of fused-ring (bicyclic) bond motifs is 3. The van der Waals surface area contributed by atoms with Crippen molar-refractivity contribution in [2.75, 3.05) is 20.1 Å². The highest BCUT2D eigenvalue weighted by Gasteiger charge is 2.25. The van der Waals surface area contributed by atoms with Crippen LogP contribution in [0, 0.1) is 0 Å². The molecule has 1 aliphatic carbocycles. The fourth-order valence-corrected chi connectivity index (χ4v) is 5.75. The van der Waals surface area contributed by atoms with Gasteiger partial charge in [0, 0.05) is 38.9 Å². The Balaban J connectivity index is 1.40. The topological polar surface area (TPSA) is 61.1 Å². The molecule has 7 heteroatoms. The van der Waals surface area contributed by atoms with Crippen LogP contribution in [0.5, 0.6) is 0 Å². The summed E-state index contributed by atoms with van der Waals surface area (Å²) in [4.78, 5) is 23.6. The molecule has 3 heterocycles. The number of aliphatic hydroxyl groups is 1. The number of imidazole rings is 1. The third kappa shape index (κ3) is 3.67. The molecule has 1 aliphatic heterocycles. The highest BCUT2D eigenvalue weighted by Crippen LogP contribution is 2.28. The average molecular weight is 413 g/mol. The van der Waals surface area contributed by atoms with E-state index >= 15 is 0 Å². The molecular formula is C22H28N4O2S. The van der Waals surface area contributed by atoms with Crippen LogP contribution in [-0.4, -0.2) is 62.5 Å². The lowest BCUT2D eigenvalue weighted by molar-refractivity contribution is 0.0701. The molecule has 2 aliphatic rings. The molecule has 6 nitrogen and oxygen atoms in total. The van der Waals surface area contributed by atoms with Crippen molar-refractivity contribution in [3.8, 4) is 0 Å². The van der Waals surface area contributed by atoms with E-state index in [1.807, 2.05) is 18.1 Å². The molecule has 1 N–H and O–H groups in total. The molecule has 1 saturated carbocycles. The first-order chi connectivity index (χ1) is 14.1. The summed E-state index contributed by atoms with van der Waals surface area (Å²) in [6.45, 7) is 2.51. The number of hydrogen-bond acceptors (Lipinski definition) is 5. The lowest BCUT2D eigenvalue weighted by atomic mass is 9.94. The van der Waals surface area contributed by atoms with E-state index in [9.17, 15) is 9.90 Å². The molecule has 0 spiro atoms. The molecule has 154 valence electrons. The molecule has 1 unspecified atom stereocenters. The summed E-state index contributed by atoms with van der Waals surface area (Å²) >= 11 is 1.48. The number of β-amino-alcohol motifs (C(OH)–C–C–N with tert-alkyl or cyclic N) is 1. The molecular weight excluding hydrogens is 384 g/mol. The maximum Gasteiger partial charge on any atom is 0.265 e. The minimum absolute atomic E-state index is 0.114. The molecule has 1 saturated heterocycles. The van der Waals surface area contributed by atoms with Gasteiger partial charge in [-0.15, -0.1) is 0 Å². The average Bonchev–Trinajstić information content (AvgIpc) is 3.42. The number of aliphatic hydroxyl groups excluding tert-OH is 1. The number of carbonyl (C=O) groups excluding carboxylic acids is 1. The highest BCUT2D eigenvalue weighted by atomic mass is 32.1. The third-order valence-electron chi connectivity index (χ3n) is 6.48. The molecule has 3 aromatic rings. The Bertz CT molecular complexity index is 1040. The predicted octanol–water partition coefficient (Wildman–Crippen LogP) is 3.52. The van der Waals surface area contributed by atoms with E-state index in [-0.39, 0.29) is 12.0 Å². The first-order valence-corrected chi connectivity index (χ1v) is 11.5. The van der Waals surface area contributed by atoms with Crippen LogP contribution in [-0.2, 0) is 6.54 Å². The van der Waals surface area contributed by atoms with Gasteiger partial charge < -0.3 is 10.0 Å². The Morgan fingerprint density at radius 1 is 1.28 bits per heavy atom. The maximum atomic E-state index is 13.0. The number of nitrogens with zero attached hydrogens (tertiary/aromatic N) is 4. The zero-order chi connectivity index (χ0) is 20.0. The van der Waals surface area contributed by atoms with Crippen molar-refractivity contribution < 1.29 is 9.90 Å². The van der Waals surface area contributed by atoms with Crippen molar-refractivity contribution in [3.05, 3.63) is 34.8 Å². The zero-order valence-electron chi connectivity index (χ0n) is 16.9. The van der Waals surface area contributed by atoms with E-state index in [1.54, 1.807) is 0 Å². The van der Waals surface area contributed by atoms with E-state index < -0.39 is 0 Å². The first-order valence-electron chi connectivity index (χ1n) is 10.7. The summed E-state index contributed by atoms with van der Waals surface area (Å²) in [5.41, 5.74) is 3.22. The first kappa shape index (κ1) is 19.0. The van der Waals surface area contributed by atoms with Crippen molar-refractivity contribution in [3.63, 3.8) is 0 Å². The minimum Gasteiger partial charge on any atom is -0.392 e. The van der Waals surface area contributed by atoms with Crippen LogP contribution < -0.4 is 0 Å². The molecule has 29 heavy (non-hydrogen) atoms. The monoisotopic (exact) mass is 412 g/mol. The summed E-state index contributed by atoms with van der Waals surface area (Å²) in [5.74, 6) is 0.114. The van der Waals surface area contributed by atoms with E-state index in [1.165, 1.54) is 36.2 Å². The van der Waals surface area contributed by atoms with E-state index in [2.05, 4.69) is 27.5 Å². The molecule has 2 aromatic heterocycles. The van der Waals surface area contributed by atoms with Crippen molar-refractivity contribution in [1.29, 1.82) is 0 Å². The fraction of sp³-hybridized carbons (Fsp3) is 0.545. The number of carbonyl (C=O) groups is 1. The van der Waals surface area contributed by atoms with Crippen LogP contribution in [0.25, 0.3) is 16.0 Å². The van der Waals surface area contributed by atoms with Crippen LogP contribution in [0.1, 0.15) is 53.8 Å². The maximum absolute atomic E-state index is 13.0. The normalized spacial score (nSPS) is 21.4. The van der Waals surface area contributed by atoms with Gasteiger partial charge in [-0.2, -0.15) is 0 Å². The van der Waals surface area contributed by atoms with Gasteiger partial charge in [0.1, 0.15) is 4.88 Å². The number of benzene rings is 1. The van der Waals surface area contributed by atoms with Gasteiger partial charge in [-0.25, -0.2) is 4.98 Å². The Kier molecular flexibility index (Phi) is 5.05. The van der Waals surface area contributed by atoms with Gasteiger partial charge in [-0.05, 0) is 37.0 Å². The molecule has 0 bridgehead atoms. The number of hydrogen-bond donors (Lipinski definition) is 1. The van der Waals surface area contributed by atoms with Crippen molar-refractivity contribution in [2.24, 2.45) is 0 Å². The van der Waals surface area contributed by atoms with Gasteiger partial charge in [0.15, 0.2) is 4.96 Å². The molecule has 5 rings (SSSR count). The number of rotatable bonds is 4. The summed E-state index contributed by atoms with van der Waals surface area (Å²) < 4.78 is 2.06. The second-order valence-corrected chi connectivity index (χ2v) is 9.58. The largest absolute Gasteiger partial charge is 0.392 e. The molecule has 0 radical (unpaired) electrons. The van der Waals surface area contributed by atoms with E-state index in [0.717, 1.165) is 59.8 Å². The lowest BCUT2D eigenvalue weighted by Gasteiger charge is -2.30. The number of amides is 1. The van der Waals surface area contributed by atoms with Crippen LogP contribution in [0.2, 0.25) is 0 Å². The smallest absolute Gasteiger partial charge is 0.265 e. The van der Waals surface area contributed by atoms with Crippen molar-refractivity contribution in [2.45, 2.75) is 57.2 Å². The third-order valence-corrected chi connectivity index (χ3v) is 7.45. The summed E-state index contributed by atoms with van der Waals surface area (Å²) in [6, 6.07) is 6.72. The second-order valence-electron chi connectivity index (χ2n) is 8.57. The van der Waals surface area contributed by atoms with Gasteiger partial charge in [0.2, 0.25) is 0 Å². The number of thiazole rings is 1. The van der Waals surface area contributed by atoms with Gasteiger partial charge in [-0.3, -0.25) is 14.1 Å². The standard InChI is InChI=1S/C22H28N4O2S/c1-24(16-5-3-2-4-6-16)21(28)20-14-26-19-11-15(12-25-10-9-17(27)13-25)7-8-18(19)23-22(26)29-20/h7-8,11,14,16-17,27H,2-6,9-10,12-13H2,1H3. The van der Waals surface area contributed by atoms with Gasteiger partial charge in [0.05, 0.1) is 17.1 Å². The second kappa shape index (κ2) is 7.70. The quantitative estimate of drug-likeness (QED) is 0.712. The fourth-order valence-electron chi connectivity index (χ4n) is 4.77. The van der Waals surface area contributed by atoms with E-state index in [4.69, 9.17) is 4.98 Å². The SMILES string of the molecule is CN(C(=O)c1cn2c(nc3ccc(CN4CCC(O)C4)cc32)s1)C1CCCCC1. The zero-order valence-corrected chi connectivity index (χ0v) is 17.7. The number of likely N-dealkylation sites (tertiary alicyclic amines) is 1. The molecule has 1 atom stereocenters. The summed E-state index contributed by atoms with van der Waals surface area (Å²) in [5, 5.41) is 9.76. The van der Waals surface area contributed by atoms with Crippen molar-refractivity contribution in [1.82, 2.24) is 19.2 Å². The van der Waals surface area contributed by atoms with Crippen molar-refractivity contribution >= 4 is 33.2 Å². The Hall–Kier alpha value is -1.96. The molecule has 1 aromatic carbocycles. The lowest BCUT2D eigenvalue weighted by Crippen LogP contribution is -2.37. The Morgan fingerprint density at radius 3 is 2.86 bits per heavy atom. The Labute approximate surface area is 174 Å². The minimum atomic E-state index is -0.202. The van der Waals surface area contributed by atoms with Gasteiger partial charge in [0.25, 0.3) is 5.91 Å². The highest BCUT2D eigenvalue weighted by molar-refractivity contribution is 7.18. The van der Waals surface area contributed by atoms with Gasteiger partial charge >= 0.3 is 0 Å². The molecule has 2 fully saturated rings. The van der Waals surface area contributed by atoms with Crippen LogP contribution in [0.15, 0.2) is 24.4 Å². The van der Waals surface area contributed by atoms with Crippen LogP contribution in [0.3, 0.4) is 0 Å². The summed E-state index contributed by atoms with van der Waals surface area (Å²) in [7, 11) is 1.95. The molecule has 1 amide bonds. The number of aromatic nitrogens is 2. The predicted molar refractivity (Wildman–Crippen MR) is 115 cm³/mol.